The number of rotatable bonds is 5. The number of alkyl halides is 3. The van der Waals surface area contributed by atoms with E-state index in [-0.39, 0.29) is 12.8 Å². The smallest absolute Gasteiger partial charge is 0.270 e. The molecule has 0 aliphatic heterocycles. The molecule has 14 heavy (non-hydrogen) atoms. The average Bonchev–Trinajstić information content (AvgIpc) is 1.93. The Bertz CT molecular complexity index is 258. The molecule has 0 rings (SSSR count). The summed E-state index contributed by atoms with van der Waals surface area (Å²) in [5, 5.41) is 0. The van der Waals surface area contributed by atoms with Crippen LogP contribution in [0.5, 0.6) is 0 Å². The quantitative estimate of drug-likeness (QED) is 0.683. The zero-order valence-electron chi connectivity index (χ0n) is 7.97. The highest BCUT2D eigenvalue weighted by Crippen LogP contribution is 2.31. The predicted molar refractivity (Wildman–Crippen MR) is 45.2 cm³/mol. The average molecular weight is 234 g/mol. The van der Waals surface area contributed by atoms with E-state index in [1.54, 1.807) is 0 Å². The minimum atomic E-state index is -4.28. The third-order valence-electron chi connectivity index (χ3n) is 1.72. The van der Waals surface area contributed by atoms with Crippen LogP contribution in [0, 0.1) is 5.92 Å². The summed E-state index contributed by atoms with van der Waals surface area (Å²) in [7, 11) is -3.64. The maximum Gasteiger partial charge on any atom is 0.391 e. The van der Waals surface area contributed by atoms with Crippen LogP contribution in [0.1, 0.15) is 19.8 Å². The highest BCUT2D eigenvalue weighted by Gasteiger charge is 2.37. The molecular formula is C7H13F3O3S. The highest BCUT2D eigenvalue weighted by molar-refractivity contribution is 7.85. The molecule has 0 aromatic rings. The molecule has 0 aromatic carbocycles. The summed E-state index contributed by atoms with van der Waals surface area (Å²) in [6, 6.07) is 0. The lowest BCUT2D eigenvalue weighted by Crippen LogP contribution is -2.24. The van der Waals surface area contributed by atoms with Crippen molar-refractivity contribution in [1.29, 1.82) is 0 Å². The second-order valence-corrected chi connectivity index (χ2v) is 4.61. The molecule has 86 valence electrons. The van der Waals surface area contributed by atoms with E-state index in [0.29, 0.717) is 0 Å². The van der Waals surface area contributed by atoms with E-state index in [2.05, 4.69) is 4.18 Å². The van der Waals surface area contributed by atoms with Crippen molar-refractivity contribution in [3.8, 4) is 0 Å². The monoisotopic (exact) mass is 234 g/mol. The molecule has 0 spiro atoms. The summed E-state index contributed by atoms with van der Waals surface area (Å²) < 4.78 is 61.5. The molecule has 1 atom stereocenters. The first kappa shape index (κ1) is 13.7. The SMILES string of the molecule is CCC(CCOS(C)(=O)=O)C(F)(F)F. The van der Waals surface area contributed by atoms with E-state index in [1.165, 1.54) is 6.92 Å². The van der Waals surface area contributed by atoms with Gasteiger partial charge in [-0.1, -0.05) is 6.92 Å². The fourth-order valence-electron chi connectivity index (χ4n) is 0.941. The van der Waals surface area contributed by atoms with Crippen molar-refractivity contribution >= 4 is 10.1 Å². The van der Waals surface area contributed by atoms with E-state index in [0.717, 1.165) is 6.26 Å². The topological polar surface area (TPSA) is 43.4 Å². The standard InChI is InChI=1S/C7H13F3O3S/c1-3-6(7(8,9)10)4-5-13-14(2,11)12/h6H,3-5H2,1-2H3. The van der Waals surface area contributed by atoms with Crippen molar-refractivity contribution in [2.75, 3.05) is 12.9 Å². The van der Waals surface area contributed by atoms with Crippen LogP contribution in [0.2, 0.25) is 0 Å². The third-order valence-corrected chi connectivity index (χ3v) is 2.31. The fourth-order valence-corrected chi connectivity index (χ4v) is 1.34. The lowest BCUT2D eigenvalue weighted by atomic mass is 10.0. The van der Waals surface area contributed by atoms with Crippen LogP contribution in [0.3, 0.4) is 0 Å². The Morgan fingerprint density at radius 3 is 2.14 bits per heavy atom. The Morgan fingerprint density at radius 1 is 1.36 bits per heavy atom. The molecule has 0 fully saturated rings. The summed E-state index contributed by atoms with van der Waals surface area (Å²) in [6.07, 6.45) is -3.87. The maximum absolute atomic E-state index is 12.1. The lowest BCUT2D eigenvalue weighted by Gasteiger charge is -2.17. The van der Waals surface area contributed by atoms with Gasteiger partial charge in [-0.05, 0) is 12.8 Å². The molecule has 0 aromatic heterocycles. The van der Waals surface area contributed by atoms with Crippen LogP contribution in [0.25, 0.3) is 0 Å². The molecule has 0 heterocycles. The molecule has 7 heteroatoms. The molecule has 0 aliphatic carbocycles. The molecule has 0 amide bonds. The van der Waals surface area contributed by atoms with Gasteiger partial charge in [0.1, 0.15) is 0 Å². The normalized spacial score (nSPS) is 15.5. The second-order valence-electron chi connectivity index (χ2n) is 2.96. The van der Waals surface area contributed by atoms with Gasteiger partial charge in [0.15, 0.2) is 0 Å². The van der Waals surface area contributed by atoms with E-state index in [9.17, 15) is 21.6 Å². The van der Waals surface area contributed by atoms with E-state index in [1.807, 2.05) is 0 Å². The Balaban J connectivity index is 3.99. The first-order valence-corrected chi connectivity index (χ1v) is 5.89. The summed E-state index contributed by atoms with van der Waals surface area (Å²) in [5.41, 5.74) is 0. The van der Waals surface area contributed by atoms with Crippen LogP contribution in [-0.4, -0.2) is 27.5 Å². The van der Waals surface area contributed by atoms with E-state index >= 15 is 0 Å². The van der Waals surface area contributed by atoms with Crippen LogP contribution in [-0.2, 0) is 14.3 Å². The summed E-state index contributed by atoms with van der Waals surface area (Å²) >= 11 is 0. The van der Waals surface area contributed by atoms with Crippen LogP contribution >= 0.6 is 0 Å². The first-order chi connectivity index (χ1) is 6.17. The Kier molecular flexibility index (Phi) is 4.87. The van der Waals surface area contributed by atoms with Gasteiger partial charge in [0.05, 0.1) is 18.8 Å². The van der Waals surface area contributed by atoms with Gasteiger partial charge in [0, 0.05) is 0 Å². The zero-order chi connectivity index (χ0) is 11.4. The molecule has 0 bridgehead atoms. The van der Waals surface area contributed by atoms with Gasteiger partial charge in [-0.3, -0.25) is 4.18 Å². The van der Waals surface area contributed by atoms with Crippen molar-refractivity contribution in [2.45, 2.75) is 25.9 Å². The molecular weight excluding hydrogens is 221 g/mol. The first-order valence-electron chi connectivity index (χ1n) is 4.08. The van der Waals surface area contributed by atoms with Gasteiger partial charge >= 0.3 is 6.18 Å². The van der Waals surface area contributed by atoms with E-state index < -0.39 is 28.8 Å². The summed E-state index contributed by atoms with van der Waals surface area (Å²) in [5.74, 6) is -1.50. The van der Waals surface area contributed by atoms with Gasteiger partial charge < -0.3 is 0 Å². The Hall–Kier alpha value is -0.300. The minimum Gasteiger partial charge on any atom is -0.270 e. The largest absolute Gasteiger partial charge is 0.391 e. The van der Waals surface area contributed by atoms with Crippen molar-refractivity contribution in [1.82, 2.24) is 0 Å². The van der Waals surface area contributed by atoms with Crippen LogP contribution in [0.4, 0.5) is 13.2 Å². The minimum absolute atomic E-state index is 0.0728. The van der Waals surface area contributed by atoms with Gasteiger partial charge in [0.2, 0.25) is 0 Å². The second kappa shape index (κ2) is 4.97. The van der Waals surface area contributed by atoms with E-state index in [4.69, 9.17) is 0 Å². The molecule has 0 saturated carbocycles. The highest BCUT2D eigenvalue weighted by atomic mass is 32.2. The molecule has 0 N–H and O–H groups in total. The number of hydrogen-bond acceptors (Lipinski definition) is 3. The zero-order valence-corrected chi connectivity index (χ0v) is 8.78. The third kappa shape index (κ3) is 6.20. The molecule has 1 unspecified atom stereocenters. The fraction of sp³-hybridized carbons (Fsp3) is 1.00. The molecule has 0 aliphatic rings. The van der Waals surface area contributed by atoms with Gasteiger partial charge in [-0.2, -0.15) is 21.6 Å². The van der Waals surface area contributed by atoms with Crippen LogP contribution < -0.4 is 0 Å². The molecule has 3 nitrogen and oxygen atoms in total. The Morgan fingerprint density at radius 2 is 1.86 bits per heavy atom. The maximum atomic E-state index is 12.1. The van der Waals surface area contributed by atoms with Crippen LogP contribution in [0.15, 0.2) is 0 Å². The predicted octanol–water partition coefficient (Wildman–Crippen LogP) is 1.94. The Labute approximate surface area is 81.4 Å². The molecule has 0 saturated heterocycles. The van der Waals surface area contributed by atoms with Crippen molar-refractivity contribution in [3.05, 3.63) is 0 Å². The number of hydrogen-bond donors (Lipinski definition) is 0. The summed E-state index contributed by atoms with van der Waals surface area (Å²) in [4.78, 5) is 0. The van der Waals surface area contributed by atoms with Gasteiger partial charge in [0.25, 0.3) is 10.1 Å². The van der Waals surface area contributed by atoms with Crippen molar-refractivity contribution in [3.63, 3.8) is 0 Å². The number of halogens is 3. The summed E-state index contributed by atoms with van der Waals surface area (Å²) in [6.45, 7) is 0.982. The van der Waals surface area contributed by atoms with Crippen molar-refractivity contribution in [2.24, 2.45) is 5.92 Å². The molecule has 0 radical (unpaired) electrons. The van der Waals surface area contributed by atoms with Crippen molar-refractivity contribution < 1.29 is 25.8 Å². The lowest BCUT2D eigenvalue weighted by molar-refractivity contribution is -0.178. The van der Waals surface area contributed by atoms with Gasteiger partial charge in [-0.25, -0.2) is 0 Å². The van der Waals surface area contributed by atoms with Gasteiger partial charge in [-0.15, -0.1) is 0 Å².